The molecule has 0 saturated heterocycles. The van der Waals surface area contributed by atoms with Crippen LogP contribution in [-0.2, 0) is 6.54 Å². The van der Waals surface area contributed by atoms with Gasteiger partial charge < -0.3 is 5.32 Å². The number of nitrogens with one attached hydrogen (secondary N) is 1. The number of nitrogens with zero attached hydrogens (tertiary/aromatic N) is 2. The first-order chi connectivity index (χ1) is 8.46. The molecule has 0 aliphatic rings. The van der Waals surface area contributed by atoms with Gasteiger partial charge in [0.2, 0.25) is 0 Å². The van der Waals surface area contributed by atoms with Gasteiger partial charge in [0, 0.05) is 11.1 Å². The molecule has 0 radical (unpaired) electrons. The van der Waals surface area contributed by atoms with E-state index < -0.39 is 0 Å². The molecule has 1 heterocycles. The van der Waals surface area contributed by atoms with Gasteiger partial charge in [0.25, 0.3) is 0 Å². The molecular formula is C13H16ClN3S. The zero-order chi connectivity index (χ0) is 13.2. The fraction of sp³-hybridized carbons (Fsp3) is 0.385. The third-order valence-electron chi connectivity index (χ3n) is 2.34. The molecule has 0 bridgehead atoms. The molecule has 1 aromatic heterocycles. The van der Waals surface area contributed by atoms with Crippen LogP contribution in [0.5, 0.6) is 0 Å². The molecular weight excluding hydrogens is 266 g/mol. The van der Waals surface area contributed by atoms with Crippen LogP contribution < -0.4 is 5.32 Å². The summed E-state index contributed by atoms with van der Waals surface area (Å²) in [5.41, 5.74) is 1.02. The second-order valence-corrected chi connectivity index (χ2v) is 6.55. The Balaban J connectivity index is 2.14. The van der Waals surface area contributed by atoms with Crippen LogP contribution >= 0.6 is 22.9 Å². The van der Waals surface area contributed by atoms with Gasteiger partial charge in [-0.05, 0) is 26.8 Å². The molecule has 0 amide bonds. The molecule has 0 aliphatic carbocycles. The smallest absolute Gasteiger partial charge is 0.149 e. The number of aromatic nitrogens is 2. The first kappa shape index (κ1) is 13.5. The van der Waals surface area contributed by atoms with E-state index in [1.54, 1.807) is 11.3 Å². The summed E-state index contributed by atoms with van der Waals surface area (Å²) in [6, 6.07) is 7.69. The standard InChI is InChI=1S/C13H16ClN3S/c1-13(2,3)15-8-11-16-17-12(18-11)9-6-4-5-7-10(9)14/h4-7,15H,8H2,1-3H3. The number of rotatable bonds is 3. The monoisotopic (exact) mass is 281 g/mol. The SMILES string of the molecule is CC(C)(C)NCc1nnc(-c2ccccc2Cl)s1. The van der Waals surface area contributed by atoms with E-state index in [1.165, 1.54) is 0 Å². The first-order valence-electron chi connectivity index (χ1n) is 5.78. The second kappa shape index (κ2) is 5.34. The Labute approximate surface area is 116 Å². The molecule has 96 valence electrons. The summed E-state index contributed by atoms with van der Waals surface area (Å²) in [6.07, 6.45) is 0. The van der Waals surface area contributed by atoms with Crippen molar-refractivity contribution in [2.75, 3.05) is 0 Å². The summed E-state index contributed by atoms with van der Waals surface area (Å²) in [4.78, 5) is 0. The Kier molecular flexibility index (Phi) is 4.00. The van der Waals surface area contributed by atoms with Gasteiger partial charge >= 0.3 is 0 Å². The maximum Gasteiger partial charge on any atom is 0.149 e. The minimum Gasteiger partial charge on any atom is -0.306 e. The summed E-state index contributed by atoms with van der Waals surface area (Å²) in [5.74, 6) is 0. The third kappa shape index (κ3) is 3.51. The molecule has 0 aliphatic heterocycles. The van der Waals surface area contributed by atoms with E-state index in [9.17, 15) is 0 Å². The second-order valence-electron chi connectivity index (χ2n) is 5.08. The Morgan fingerprint density at radius 1 is 1.22 bits per heavy atom. The van der Waals surface area contributed by atoms with Crippen molar-refractivity contribution in [3.8, 4) is 10.6 Å². The third-order valence-corrected chi connectivity index (χ3v) is 3.63. The molecule has 3 nitrogen and oxygen atoms in total. The average Bonchev–Trinajstić information content (AvgIpc) is 2.75. The van der Waals surface area contributed by atoms with Crippen molar-refractivity contribution in [2.45, 2.75) is 32.9 Å². The highest BCUT2D eigenvalue weighted by Gasteiger charge is 2.12. The van der Waals surface area contributed by atoms with Gasteiger partial charge in [-0.1, -0.05) is 41.1 Å². The van der Waals surface area contributed by atoms with E-state index in [0.29, 0.717) is 5.02 Å². The Hall–Kier alpha value is -0.970. The minimum atomic E-state index is 0.0796. The summed E-state index contributed by atoms with van der Waals surface area (Å²) in [6.45, 7) is 7.11. The molecule has 0 unspecified atom stereocenters. The van der Waals surface area contributed by atoms with E-state index in [2.05, 4.69) is 36.3 Å². The summed E-state index contributed by atoms with van der Waals surface area (Å²) < 4.78 is 0. The molecule has 5 heteroatoms. The Bertz CT molecular complexity index is 531. The predicted octanol–water partition coefficient (Wildman–Crippen LogP) is 3.75. The topological polar surface area (TPSA) is 37.8 Å². The van der Waals surface area contributed by atoms with Crippen LogP contribution in [0, 0.1) is 0 Å². The lowest BCUT2D eigenvalue weighted by atomic mass is 10.1. The fourth-order valence-corrected chi connectivity index (χ4v) is 2.51. The van der Waals surface area contributed by atoms with Crippen molar-refractivity contribution in [2.24, 2.45) is 0 Å². The highest BCUT2D eigenvalue weighted by molar-refractivity contribution is 7.14. The van der Waals surface area contributed by atoms with Crippen LogP contribution in [0.25, 0.3) is 10.6 Å². The quantitative estimate of drug-likeness (QED) is 0.931. The van der Waals surface area contributed by atoms with Crippen molar-refractivity contribution in [1.29, 1.82) is 0 Å². The number of hydrogen-bond acceptors (Lipinski definition) is 4. The van der Waals surface area contributed by atoms with Crippen LogP contribution in [0.3, 0.4) is 0 Å². The van der Waals surface area contributed by atoms with Gasteiger partial charge in [0.05, 0.1) is 11.6 Å². The Morgan fingerprint density at radius 2 is 1.94 bits per heavy atom. The van der Waals surface area contributed by atoms with Gasteiger partial charge in [-0.2, -0.15) is 0 Å². The number of halogens is 1. The molecule has 2 rings (SSSR count). The van der Waals surface area contributed by atoms with Crippen LogP contribution in [-0.4, -0.2) is 15.7 Å². The molecule has 1 N–H and O–H groups in total. The molecule has 2 aromatic rings. The van der Waals surface area contributed by atoms with Gasteiger partial charge in [0.1, 0.15) is 10.0 Å². The highest BCUT2D eigenvalue weighted by atomic mass is 35.5. The van der Waals surface area contributed by atoms with E-state index in [-0.39, 0.29) is 5.54 Å². The van der Waals surface area contributed by atoms with Crippen LogP contribution in [0.2, 0.25) is 5.02 Å². The summed E-state index contributed by atoms with van der Waals surface area (Å²) >= 11 is 7.71. The van der Waals surface area contributed by atoms with Crippen molar-refractivity contribution in [3.05, 3.63) is 34.3 Å². The molecule has 0 saturated carbocycles. The van der Waals surface area contributed by atoms with E-state index in [4.69, 9.17) is 11.6 Å². The lowest BCUT2D eigenvalue weighted by Crippen LogP contribution is -2.35. The minimum absolute atomic E-state index is 0.0796. The Morgan fingerprint density at radius 3 is 2.61 bits per heavy atom. The van der Waals surface area contributed by atoms with Crippen LogP contribution in [0.4, 0.5) is 0 Å². The molecule has 18 heavy (non-hydrogen) atoms. The first-order valence-corrected chi connectivity index (χ1v) is 6.97. The maximum absolute atomic E-state index is 6.14. The zero-order valence-electron chi connectivity index (χ0n) is 10.7. The van der Waals surface area contributed by atoms with Gasteiger partial charge in [-0.15, -0.1) is 10.2 Å². The number of benzene rings is 1. The van der Waals surface area contributed by atoms with E-state index in [0.717, 1.165) is 22.1 Å². The van der Waals surface area contributed by atoms with Crippen molar-refractivity contribution < 1.29 is 0 Å². The molecule has 1 aromatic carbocycles. The normalized spacial score (nSPS) is 11.8. The van der Waals surface area contributed by atoms with Gasteiger partial charge in [-0.3, -0.25) is 0 Å². The lowest BCUT2D eigenvalue weighted by molar-refractivity contribution is 0.423. The molecule has 0 spiro atoms. The van der Waals surface area contributed by atoms with Crippen LogP contribution in [0.15, 0.2) is 24.3 Å². The van der Waals surface area contributed by atoms with Crippen molar-refractivity contribution >= 4 is 22.9 Å². The summed E-state index contributed by atoms with van der Waals surface area (Å²) in [7, 11) is 0. The lowest BCUT2D eigenvalue weighted by Gasteiger charge is -2.19. The highest BCUT2D eigenvalue weighted by Crippen LogP contribution is 2.29. The zero-order valence-corrected chi connectivity index (χ0v) is 12.3. The average molecular weight is 282 g/mol. The maximum atomic E-state index is 6.14. The predicted molar refractivity (Wildman–Crippen MR) is 76.9 cm³/mol. The summed E-state index contributed by atoms with van der Waals surface area (Å²) in [5, 5.41) is 14.3. The van der Waals surface area contributed by atoms with E-state index >= 15 is 0 Å². The van der Waals surface area contributed by atoms with Gasteiger partial charge in [0.15, 0.2) is 0 Å². The molecule has 0 atom stereocenters. The fourth-order valence-electron chi connectivity index (χ4n) is 1.41. The number of hydrogen-bond donors (Lipinski definition) is 1. The molecule has 0 fully saturated rings. The van der Waals surface area contributed by atoms with Crippen molar-refractivity contribution in [1.82, 2.24) is 15.5 Å². The van der Waals surface area contributed by atoms with E-state index in [1.807, 2.05) is 24.3 Å². The van der Waals surface area contributed by atoms with Crippen LogP contribution in [0.1, 0.15) is 25.8 Å². The van der Waals surface area contributed by atoms with Crippen molar-refractivity contribution in [3.63, 3.8) is 0 Å². The van der Waals surface area contributed by atoms with Gasteiger partial charge in [-0.25, -0.2) is 0 Å². The largest absolute Gasteiger partial charge is 0.306 e.